The van der Waals surface area contributed by atoms with Crippen LogP contribution >= 0.6 is 0 Å². The number of nitro benzene ring substituents is 1. The van der Waals surface area contributed by atoms with Crippen molar-refractivity contribution in [3.63, 3.8) is 0 Å². The maximum atomic E-state index is 11.8. The van der Waals surface area contributed by atoms with Gasteiger partial charge in [-0.25, -0.2) is 0 Å². The molecule has 0 unspecified atom stereocenters. The van der Waals surface area contributed by atoms with Crippen molar-refractivity contribution >= 4 is 34.0 Å². The number of hydrogen-bond acceptors (Lipinski definition) is 5. The summed E-state index contributed by atoms with van der Waals surface area (Å²) in [7, 11) is 0. The van der Waals surface area contributed by atoms with Gasteiger partial charge in [0.15, 0.2) is 0 Å². The second kappa shape index (κ2) is 3.52. The minimum atomic E-state index is -0.656. The highest BCUT2D eigenvalue weighted by molar-refractivity contribution is 6.27. The SMILES string of the molecule is Nc1c([N+](=O)[O-])cc2c3c(cccc13)C(=O)NC2=O. The normalized spacial score (nSPS) is 13.5. The Morgan fingerprint density at radius 1 is 1.16 bits per heavy atom. The first-order valence-corrected chi connectivity index (χ1v) is 5.36. The standard InChI is InChI=1S/C12H7N3O4/c13-10-5-2-1-3-6-9(5)7(4-8(10)15(18)19)12(17)14-11(6)16/h1-4H,13H2,(H,14,16,17). The second-order valence-electron chi connectivity index (χ2n) is 4.13. The minimum Gasteiger partial charge on any atom is -0.393 e. The van der Waals surface area contributed by atoms with Crippen molar-refractivity contribution in [2.24, 2.45) is 0 Å². The smallest absolute Gasteiger partial charge is 0.293 e. The molecule has 0 saturated heterocycles. The molecule has 2 aromatic rings. The van der Waals surface area contributed by atoms with Gasteiger partial charge in [0, 0.05) is 22.4 Å². The summed E-state index contributed by atoms with van der Waals surface area (Å²) in [4.78, 5) is 33.8. The summed E-state index contributed by atoms with van der Waals surface area (Å²) in [6, 6.07) is 5.76. The molecule has 0 saturated carbocycles. The van der Waals surface area contributed by atoms with E-state index in [0.29, 0.717) is 10.8 Å². The van der Waals surface area contributed by atoms with E-state index in [1.165, 1.54) is 0 Å². The van der Waals surface area contributed by atoms with Crippen LogP contribution in [0.2, 0.25) is 0 Å². The highest BCUT2D eigenvalue weighted by atomic mass is 16.6. The van der Waals surface area contributed by atoms with Gasteiger partial charge in [-0.1, -0.05) is 12.1 Å². The maximum Gasteiger partial charge on any atom is 0.293 e. The molecule has 3 N–H and O–H groups in total. The summed E-state index contributed by atoms with van der Waals surface area (Å²) in [5, 5.41) is 13.8. The molecule has 7 nitrogen and oxygen atoms in total. The molecule has 19 heavy (non-hydrogen) atoms. The van der Waals surface area contributed by atoms with Crippen LogP contribution in [0.1, 0.15) is 20.7 Å². The zero-order chi connectivity index (χ0) is 13.7. The molecule has 2 amide bonds. The number of imide groups is 1. The number of anilines is 1. The van der Waals surface area contributed by atoms with Crippen LogP contribution < -0.4 is 11.1 Å². The van der Waals surface area contributed by atoms with Gasteiger partial charge in [0.25, 0.3) is 17.5 Å². The Morgan fingerprint density at radius 3 is 2.53 bits per heavy atom. The molecule has 0 radical (unpaired) electrons. The lowest BCUT2D eigenvalue weighted by molar-refractivity contribution is -0.383. The fourth-order valence-corrected chi connectivity index (χ4v) is 2.25. The third kappa shape index (κ3) is 1.38. The number of benzene rings is 2. The van der Waals surface area contributed by atoms with Gasteiger partial charge in [0.2, 0.25) is 0 Å². The minimum absolute atomic E-state index is 0.0481. The van der Waals surface area contributed by atoms with Crippen molar-refractivity contribution in [1.82, 2.24) is 5.32 Å². The third-order valence-corrected chi connectivity index (χ3v) is 3.09. The van der Waals surface area contributed by atoms with Crippen LogP contribution in [0.5, 0.6) is 0 Å². The zero-order valence-corrected chi connectivity index (χ0v) is 9.47. The Labute approximate surface area is 106 Å². The molecule has 0 aromatic heterocycles. The van der Waals surface area contributed by atoms with Crippen molar-refractivity contribution in [2.45, 2.75) is 0 Å². The van der Waals surface area contributed by atoms with E-state index in [1.54, 1.807) is 18.2 Å². The first-order valence-electron chi connectivity index (χ1n) is 5.36. The van der Waals surface area contributed by atoms with Crippen LogP contribution in [0.3, 0.4) is 0 Å². The average Bonchev–Trinajstić information content (AvgIpc) is 2.37. The van der Waals surface area contributed by atoms with Gasteiger partial charge in [-0.15, -0.1) is 0 Å². The summed E-state index contributed by atoms with van der Waals surface area (Å²) in [6.45, 7) is 0. The first kappa shape index (κ1) is 11.1. The number of nitrogens with zero attached hydrogens (tertiary/aromatic N) is 1. The Kier molecular flexibility index (Phi) is 2.06. The van der Waals surface area contributed by atoms with E-state index in [-0.39, 0.29) is 22.5 Å². The Balaban J connectivity index is 2.55. The topological polar surface area (TPSA) is 115 Å². The number of nitrogens with two attached hydrogens (primary N) is 1. The molecule has 0 aliphatic carbocycles. The van der Waals surface area contributed by atoms with Crippen molar-refractivity contribution in [3.05, 3.63) is 45.5 Å². The summed E-state index contributed by atoms with van der Waals surface area (Å²) in [5.41, 5.74) is 5.73. The molecular weight excluding hydrogens is 250 g/mol. The van der Waals surface area contributed by atoms with Gasteiger partial charge in [-0.05, 0) is 6.07 Å². The highest BCUT2D eigenvalue weighted by Crippen LogP contribution is 2.36. The van der Waals surface area contributed by atoms with Gasteiger partial charge in [0.1, 0.15) is 5.69 Å². The molecule has 0 spiro atoms. The molecule has 1 heterocycles. The largest absolute Gasteiger partial charge is 0.393 e. The molecule has 0 bridgehead atoms. The van der Waals surface area contributed by atoms with Gasteiger partial charge in [0.05, 0.1) is 10.5 Å². The number of nitrogen functional groups attached to an aromatic ring is 1. The van der Waals surface area contributed by atoms with Gasteiger partial charge < -0.3 is 5.73 Å². The van der Waals surface area contributed by atoms with E-state index in [2.05, 4.69) is 5.32 Å². The highest BCUT2D eigenvalue weighted by Gasteiger charge is 2.29. The number of rotatable bonds is 1. The van der Waals surface area contributed by atoms with Gasteiger partial charge in [-0.3, -0.25) is 25.0 Å². The number of carbonyl (C=O) groups excluding carboxylic acids is 2. The van der Waals surface area contributed by atoms with E-state index in [1.807, 2.05) is 0 Å². The third-order valence-electron chi connectivity index (χ3n) is 3.09. The fraction of sp³-hybridized carbons (Fsp3) is 0. The van der Waals surface area contributed by atoms with Gasteiger partial charge >= 0.3 is 0 Å². The summed E-state index contributed by atoms with van der Waals surface area (Å²) in [5.74, 6) is -1.19. The molecule has 0 atom stereocenters. The predicted octanol–water partition coefficient (Wildman–Crippen LogP) is 1.21. The van der Waals surface area contributed by atoms with Crippen molar-refractivity contribution in [3.8, 4) is 0 Å². The van der Waals surface area contributed by atoms with E-state index in [4.69, 9.17) is 5.73 Å². The molecule has 94 valence electrons. The molecular formula is C12H7N3O4. The molecule has 1 aliphatic rings. The lowest BCUT2D eigenvalue weighted by atomic mass is 9.93. The Hall–Kier alpha value is -2.96. The number of nitro groups is 1. The van der Waals surface area contributed by atoms with Crippen LogP contribution in [-0.4, -0.2) is 16.7 Å². The lowest BCUT2D eigenvalue weighted by Gasteiger charge is -2.17. The molecule has 7 heteroatoms. The van der Waals surface area contributed by atoms with E-state index in [0.717, 1.165) is 6.07 Å². The van der Waals surface area contributed by atoms with Crippen LogP contribution in [0.15, 0.2) is 24.3 Å². The van der Waals surface area contributed by atoms with Crippen LogP contribution in [0.4, 0.5) is 11.4 Å². The number of hydrogen-bond donors (Lipinski definition) is 2. The number of carbonyl (C=O) groups is 2. The van der Waals surface area contributed by atoms with Gasteiger partial charge in [-0.2, -0.15) is 0 Å². The maximum absolute atomic E-state index is 11.8. The summed E-state index contributed by atoms with van der Waals surface area (Å²) >= 11 is 0. The Morgan fingerprint density at radius 2 is 1.84 bits per heavy atom. The Bertz CT molecular complexity index is 782. The molecule has 2 aromatic carbocycles. The van der Waals surface area contributed by atoms with E-state index >= 15 is 0 Å². The van der Waals surface area contributed by atoms with E-state index < -0.39 is 16.7 Å². The van der Waals surface area contributed by atoms with Crippen molar-refractivity contribution in [2.75, 3.05) is 5.73 Å². The predicted molar refractivity (Wildman–Crippen MR) is 66.8 cm³/mol. The monoisotopic (exact) mass is 257 g/mol. The quantitative estimate of drug-likeness (QED) is 0.345. The number of nitrogens with one attached hydrogen (secondary N) is 1. The number of amides is 2. The van der Waals surface area contributed by atoms with E-state index in [9.17, 15) is 19.7 Å². The van der Waals surface area contributed by atoms with Crippen LogP contribution in [-0.2, 0) is 0 Å². The lowest BCUT2D eigenvalue weighted by Crippen LogP contribution is -2.34. The molecule has 3 rings (SSSR count). The zero-order valence-electron chi connectivity index (χ0n) is 9.47. The van der Waals surface area contributed by atoms with Crippen LogP contribution in [0.25, 0.3) is 10.8 Å². The first-order chi connectivity index (χ1) is 9.00. The molecule has 0 fully saturated rings. The fourth-order valence-electron chi connectivity index (χ4n) is 2.25. The molecule has 1 aliphatic heterocycles. The van der Waals surface area contributed by atoms with Crippen LogP contribution in [0, 0.1) is 10.1 Å². The van der Waals surface area contributed by atoms with Crippen molar-refractivity contribution < 1.29 is 14.5 Å². The van der Waals surface area contributed by atoms with Crippen molar-refractivity contribution in [1.29, 1.82) is 0 Å². The summed E-state index contributed by atoms with van der Waals surface area (Å²) < 4.78 is 0. The second-order valence-corrected chi connectivity index (χ2v) is 4.13. The average molecular weight is 257 g/mol. The summed E-state index contributed by atoms with van der Waals surface area (Å²) in [6.07, 6.45) is 0.